The maximum atomic E-state index is 12.5. The van der Waals surface area contributed by atoms with Gasteiger partial charge in [-0.3, -0.25) is 9.69 Å². The van der Waals surface area contributed by atoms with E-state index in [4.69, 9.17) is 9.26 Å². The van der Waals surface area contributed by atoms with Gasteiger partial charge in [0.05, 0.1) is 19.8 Å². The number of aromatic nitrogens is 2. The smallest absolute Gasteiger partial charge is 0.229 e. The molecule has 1 aromatic heterocycles. The van der Waals surface area contributed by atoms with Crippen molar-refractivity contribution in [2.75, 3.05) is 39.9 Å². The first-order valence-corrected chi connectivity index (χ1v) is 9.14. The number of halogens is 2. The molecule has 2 aliphatic heterocycles. The number of ether oxygens (including phenoxy) is 1. The number of morpholine rings is 1. The highest BCUT2D eigenvalue weighted by Gasteiger charge is 2.30. The second-order valence-corrected chi connectivity index (χ2v) is 7.33. The molecule has 8 nitrogen and oxygen atoms in total. The van der Waals surface area contributed by atoms with Gasteiger partial charge in [0, 0.05) is 44.1 Å². The number of likely N-dealkylation sites (tertiary alicyclic amines) is 1. The third kappa shape index (κ3) is 6.57. The summed E-state index contributed by atoms with van der Waals surface area (Å²) < 4.78 is 10.7. The Hall–Kier alpha value is -0.930. The van der Waals surface area contributed by atoms with Crippen LogP contribution in [0, 0.1) is 0 Å². The normalized spacial score (nSPS) is 22.6. The van der Waals surface area contributed by atoms with Crippen LogP contribution in [0.2, 0.25) is 0 Å². The summed E-state index contributed by atoms with van der Waals surface area (Å²) in [5.41, 5.74) is 0. The van der Waals surface area contributed by atoms with Crippen molar-refractivity contribution >= 4 is 30.7 Å². The van der Waals surface area contributed by atoms with Crippen LogP contribution in [0.15, 0.2) is 4.52 Å². The molecule has 2 saturated heterocycles. The molecule has 3 heterocycles. The number of nitrogens with one attached hydrogen (secondary N) is 1. The molecule has 2 atom stereocenters. The van der Waals surface area contributed by atoms with E-state index < -0.39 is 0 Å². The van der Waals surface area contributed by atoms with Crippen LogP contribution in [-0.4, -0.2) is 77.8 Å². The van der Waals surface area contributed by atoms with E-state index in [9.17, 15) is 4.79 Å². The van der Waals surface area contributed by atoms with Gasteiger partial charge in [-0.25, -0.2) is 0 Å². The van der Waals surface area contributed by atoms with Crippen LogP contribution in [-0.2, 0) is 16.1 Å². The third-order valence-electron chi connectivity index (χ3n) is 4.93. The number of amides is 1. The molecule has 0 radical (unpaired) electrons. The van der Waals surface area contributed by atoms with E-state index in [1.54, 1.807) is 0 Å². The quantitative estimate of drug-likeness (QED) is 0.740. The predicted molar refractivity (Wildman–Crippen MR) is 107 cm³/mol. The van der Waals surface area contributed by atoms with E-state index in [0.717, 1.165) is 32.7 Å². The summed E-state index contributed by atoms with van der Waals surface area (Å²) in [7, 11) is 2.06. The van der Waals surface area contributed by atoms with Gasteiger partial charge in [-0.1, -0.05) is 19.0 Å². The number of nitrogens with zero attached hydrogens (tertiary/aromatic N) is 4. The lowest BCUT2D eigenvalue weighted by Crippen LogP contribution is -2.45. The minimum Gasteiger partial charge on any atom is -0.378 e. The standard InChI is InChI=1S/C17H29N5O3.2ClH/c1-12(2)17-19-15(20-25-17)10-21(3)14-4-6-22(9-14)16(23)8-13-11-24-7-5-18-13;;/h12-14,18H,4-11H2,1-3H3;2*1H. The molecule has 0 aromatic carbocycles. The Morgan fingerprint density at radius 1 is 1.41 bits per heavy atom. The highest BCUT2D eigenvalue weighted by Crippen LogP contribution is 2.18. The second-order valence-electron chi connectivity index (χ2n) is 7.33. The van der Waals surface area contributed by atoms with Crippen molar-refractivity contribution in [3.8, 4) is 0 Å². The van der Waals surface area contributed by atoms with Crippen molar-refractivity contribution in [2.45, 2.75) is 51.2 Å². The summed E-state index contributed by atoms with van der Waals surface area (Å²) in [6, 6.07) is 0.479. The maximum Gasteiger partial charge on any atom is 0.229 e. The molecule has 1 N–H and O–H groups in total. The summed E-state index contributed by atoms with van der Waals surface area (Å²) in [5, 5.41) is 7.39. The Balaban J connectivity index is 0.00000182. The summed E-state index contributed by atoms with van der Waals surface area (Å²) in [4.78, 5) is 21.1. The first-order chi connectivity index (χ1) is 12.0. The van der Waals surface area contributed by atoms with Crippen molar-refractivity contribution in [1.29, 1.82) is 0 Å². The van der Waals surface area contributed by atoms with Crippen LogP contribution in [0.5, 0.6) is 0 Å². The van der Waals surface area contributed by atoms with Gasteiger partial charge in [-0.05, 0) is 13.5 Å². The average molecular weight is 424 g/mol. The molecule has 1 aromatic rings. The minimum atomic E-state index is 0. The number of carbonyl (C=O) groups excluding carboxylic acids is 1. The molecule has 0 bridgehead atoms. The minimum absolute atomic E-state index is 0. The van der Waals surface area contributed by atoms with Gasteiger partial charge < -0.3 is 19.5 Å². The van der Waals surface area contributed by atoms with Gasteiger partial charge in [0.15, 0.2) is 5.82 Å². The topological polar surface area (TPSA) is 83.7 Å². The molecule has 1 amide bonds. The van der Waals surface area contributed by atoms with Crippen LogP contribution in [0.3, 0.4) is 0 Å². The lowest BCUT2D eigenvalue weighted by atomic mass is 10.2. The molecule has 2 fully saturated rings. The van der Waals surface area contributed by atoms with Gasteiger partial charge in [-0.15, -0.1) is 24.8 Å². The predicted octanol–water partition coefficient (Wildman–Crippen LogP) is 1.45. The highest BCUT2D eigenvalue weighted by atomic mass is 35.5. The van der Waals surface area contributed by atoms with Crippen molar-refractivity contribution in [2.24, 2.45) is 0 Å². The largest absolute Gasteiger partial charge is 0.378 e. The second kappa shape index (κ2) is 11.2. The van der Waals surface area contributed by atoms with Crippen molar-refractivity contribution < 1.29 is 14.1 Å². The molecule has 2 aliphatic rings. The van der Waals surface area contributed by atoms with E-state index in [0.29, 0.717) is 37.3 Å². The Morgan fingerprint density at radius 2 is 2.19 bits per heavy atom. The zero-order chi connectivity index (χ0) is 17.8. The number of hydrogen-bond acceptors (Lipinski definition) is 7. The lowest BCUT2D eigenvalue weighted by molar-refractivity contribution is -0.131. The van der Waals surface area contributed by atoms with Crippen LogP contribution >= 0.6 is 24.8 Å². The highest BCUT2D eigenvalue weighted by molar-refractivity contribution is 5.85. The lowest BCUT2D eigenvalue weighted by Gasteiger charge is -2.26. The molecule has 27 heavy (non-hydrogen) atoms. The van der Waals surface area contributed by atoms with Gasteiger partial charge in [-0.2, -0.15) is 4.98 Å². The van der Waals surface area contributed by atoms with Crippen LogP contribution < -0.4 is 5.32 Å². The van der Waals surface area contributed by atoms with Crippen LogP contribution in [0.4, 0.5) is 0 Å². The molecular weight excluding hydrogens is 393 g/mol. The van der Waals surface area contributed by atoms with Gasteiger partial charge in [0.1, 0.15) is 0 Å². The van der Waals surface area contributed by atoms with E-state index >= 15 is 0 Å². The molecular formula is C17H31Cl2N5O3. The third-order valence-corrected chi connectivity index (χ3v) is 4.93. The Bertz CT molecular complexity index is 581. The summed E-state index contributed by atoms with van der Waals surface area (Å²) >= 11 is 0. The Morgan fingerprint density at radius 3 is 2.81 bits per heavy atom. The molecule has 156 valence electrons. The zero-order valence-electron chi connectivity index (χ0n) is 16.2. The van der Waals surface area contributed by atoms with Gasteiger partial charge in [0.2, 0.25) is 11.8 Å². The average Bonchev–Trinajstić information content (AvgIpc) is 3.25. The monoisotopic (exact) mass is 423 g/mol. The van der Waals surface area contributed by atoms with Crippen molar-refractivity contribution in [3.63, 3.8) is 0 Å². The molecule has 3 rings (SSSR count). The summed E-state index contributed by atoms with van der Waals surface area (Å²) in [5.74, 6) is 1.83. The number of hydrogen-bond donors (Lipinski definition) is 1. The van der Waals surface area contributed by atoms with Gasteiger partial charge in [0.25, 0.3) is 0 Å². The van der Waals surface area contributed by atoms with Crippen LogP contribution in [0.25, 0.3) is 0 Å². The maximum absolute atomic E-state index is 12.5. The number of carbonyl (C=O) groups is 1. The Labute approximate surface area is 173 Å². The van der Waals surface area contributed by atoms with Gasteiger partial charge >= 0.3 is 0 Å². The first kappa shape index (κ1) is 24.1. The van der Waals surface area contributed by atoms with Crippen molar-refractivity contribution in [1.82, 2.24) is 25.3 Å². The van der Waals surface area contributed by atoms with E-state index in [1.165, 1.54) is 0 Å². The molecule has 0 spiro atoms. The SMILES string of the molecule is CC(C)c1nc(CN(C)C2CCN(C(=O)CC3COCCN3)C2)no1.Cl.Cl. The first-order valence-electron chi connectivity index (χ1n) is 9.14. The van der Waals surface area contributed by atoms with Crippen LogP contribution in [0.1, 0.15) is 44.3 Å². The molecule has 10 heteroatoms. The summed E-state index contributed by atoms with van der Waals surface area (Å²) in [6.45, 7) is 8.46. The number of likely N-dealkylation sites (N-methyl/N-ethyl adjacent to an activating group) is 1. The fraction of sp³-hybridized carbons (Fsp3) is 0.824. The molecule has 0 saturated carbocycles. The molecule has 0 aliphatic carbocycles. The van der Waals surface area contributed by atoms with Crippen molar-refractivity contribution in [3.05, 3.63) is 11.7 Å². The number of rotatable bonds is 6. The van der Waals surface area contributed by atoms with E-state index in [2.05, 4.69) is 27.4 Å². The zero-order valence-corrected chi connectivity index (χ0v) is 17.9. The Kier molecular flexibility index (Phi) is 9.97. The molecule has 2 unspecified atom stereocenters. The summed E-state index contributed by atoms with van der Waals surface area (Å²) in [6.07, 6.45) is 1.49. The van der Waals surface area contributed by atoms with E-state index in [-0.39, 0.29) is 42.7 Å². The fourth-order valence-electron chi connectivity index (χ4n) is 3.34. The fourth-order valence-corrected chi connectivity index (χ4v) is 3.34. The van der Waals surface area contributed by atoms with E-state index in [1.807, 2.05) is 18.7 Å².